The minimum Gasteiger partial charge on any atom is -0.353 e. The second-order valence-electron chi connectivity index (χ2n) is 9.19. The van der Waals surface area contributed by atoms with Crippen LogP contribution in [0.3, 0.4) is 0 Å². The first-order valence-corrected chi connectivity index (χ1v) is 11.6. The molecule has 0 aromatic heterocycles. The van der Waals surface area contributed by atoms with Crippen LogP contribution in [0.1, 0.15) is 57.6 Å². The predicted octanol–water partition coefficient (Wildman–Crippen LogP) is 5.14. The number of likely N-dealkylation sites (tertiary alicyclic amines) is 1. The quantitative estimate of drug-likeness (QED) is 0.674. The van der Waals surface area contributed by atoms with Crippen LogP contribution in [0.4, 0.5) is 0 Å². The monoisotopic (exact) mass is 420 g/mol. The third-order valence-electron chi connectivity index (χ3n) is 6.42. The second kappa shape index (κ2) is 10.1. The van der Waals surface area contributed by atoms with Crippen molar-refractivity contribution in [2.24, 2.45) is 5.41 Å². The third-order valence-corrected chi connectivity index (χ3v) is 6.42. The molecule has 1 aliphatic rings. The van der Waals surface area contributed by atoms with Gasteiger partial charge in [0.05, 0.1) is 5.41 Å². The molecule has 1 aliphatic heterocycles. The highest BCUT2D eigenvalue weighted by atomic mass is 16.2. The number of hydrogen-bond acceptors (Lipinski definition) is 2. The van der Waals surface area contributed by atoms with Crippen molar-refractivity contribution in [3.05, 3.63) is 59.7 Å². The molecule has 2 aromatic rings. The van der Waals surface area contributed by atoms with Gasteiger partial charge in [-0.3, -0.25) is 9.59 Å². The molecule has 31 heavy (non-hydrogen) atoms. The molecule has 0 radical (unpaired) electrons. The normalized spacial score (nSPS) is 15.7. The summed E-state index contributed by atoms with van der Waals surface area (Å²) in [4.78, 5) is 27.8. The zero-order valence-electron chi connectivity index (χ0n) is 19.4. The highest BCUT2D eigenvalue weighted by Crippen LogP contribution is 2.39. The van der Waals surface area contributed by atoms with Crippen LogP contribution in [-0.2, 0) is 16.0 Å². The molecule has 166 valence electrons. The van der Waals surface area contributed by atoms with Crippen LogP contribution in [0.15, 0.2) is 48.5 Å². The van der Waals surface area contributed by atoms with Gasteiger partial charge in [0.15, 0.2) is 0 Å². The lowest BCUT2D eigenvalue weighted by atomic mass is 9.71. The second-order valence-corrected chi connectivity index (χ2v) is 9.19. The highest BCUT2D eigenvalue weighted by molar-refractivity contribution is 5.85. The fraction of sp³-hybridized carbons (Fsp3) is 0.481. The fourth-order valence-corrected chi connectivity index (χ4v) is 4.63. The van der Waals surface area contributed by atoms with Gasteiger partial charge in [0, 0.05) is 25.6 Å². The summed E-state index contributed by atoms with van der Waals surface area (Å²) in [7, 11) is 0. The lowest BCUT2D eigenvalue weighted by Crippen LogP contribution is -2.52. The van der Waals surface area contributed by atoms with Gasteiger partial charge in [-0.25, -0.2) is 0 Å². The number of rotatable bonds is 7. The number of nitrogens with one attached hydrogen (secondary N) is 1. The van der Waals surface area contributed by atoms with Crippen molar-refractivity contribution < 1.29 is 9.59 Å². The van der Waals surface area contributed by atoms with E-state index in [0.717, 1.165) is 6.42 Å². The smallest absolute Gasteiger partial charge is 0.226 e. The van der Waals surface area contributed by atoms with Crippen LogP contribution < -0.4 is 5.32 Å². The van der Waals surface area contributed by atoms with E-state index in [-0.39, 0.29) is 17.9 Å². The Labute approximate surface area is 187 Å². The van der Waals surface area contributed by atoms with Gasteiger partial charge in [0.2, 0.25) is 11.8 Å². The number of hydrogen-bond donors (Lipinski definition) is 1. The van der Waals surface area contributed by atoms with Crippen molar-refractivity contribution in [3.8, 4) is 11.1 Å². The van der Waals surface area contributed by atoms with E-state index < -0.39 is 5.41 Å². The molecule has 1 heterocycles. The number of benzene rings is 2. The summed E-state index contributed by atoms with van der Waals surface area (Å²) >= 11 is 0. The average molecular weight is 421 g/mol. The van der Waals surface area contributed by atoms with Crippen LogP contribution >= 0.6 is 0 Å². The maximum Gasteiger partial charge on any atom is 0.226 e. The molecular formula is C27H36N2O2. The Balaban J connectivity index is 1.92. The number of carbonyl (C=O) groups is 2. The van der Waals surface area contributed by atoms with Gasteiger partial charge in [-0.15, -0.1) is 0 Å². The number of piperidine rings is 1. The number of carbonyl (C=O) groups excluding carboxylic acids is 2. The fourth-order valence-electron chi connectivity index (χ4n) is 4.63. The molecule has 0 saturated carbocycles. The molecule has 2 aromatic carbocycles. The molecule has 0 unspecified atom stereocenters. The molecule has 0 atom stereocenters. The summed E-state index contributed by atoms with van der Waals surface area (Å²) in [5, 5.41) is 3.17. The van der Waals surface area contributed by atoms with Gasteiger partial charge in [-0.2, -0.15) is 0 Å². The van der Waals surface area contributed by atoms with Crippen molar-refractivity contribution in [2.75, 3.05) is 13.1 Å². The Morgan fingerprint density at radius 2 is 1.61 bits per heavy atom. The number of aryl methyl sites for hydroxylation is 1. The number of nitrogens with zero attached hydrogens (tertiary/aromatic N) is 1. The summed E-state index contributed by atoms with van der Waals surface area (Å²) in [6.07, 6.45) is 3.53. The molecule has 3 rings (SSSR count). The lowest BCUT2D eigenvalue weighted by Gasteiger charge is -2.41. The summed E-state index contributed by atoms with van der Waals surface area (Å²) in [6.45, 7) is 9.48. The van der Waals surface area contributed by atoms with Gasteiger partial charge >= 0.3 is 0 Å². The Morgan fingerprint density at radius 1 is 1.00 bits per heavy atom. The Morgan fingerprint density at radius 3 is 2.23 bits per heavy atom. The first-order valence-electron chi connectivity index (χ1n) is 11.6. The predicted molar refractivity (Wildman–Crippen MR) is 127 cm³/mol. The third kappa shape index (κ3) is 5.36. The van der Waals surface area contributed by atoms with Crippen LogP contribution in [0.25, 0.3) is 11.1 Å². The largest absolute Gasteiger partial charge is 0.353 e. The molecule has 1 saturated heterocycles. The van der Waals surface area contributed by atoms with Crippen molar-refractivity contribution in [1.82, 2.24) is 10.2 Å². The van der Waals surface area contributed by atoms with Gasteiger partial charge in [0.25, 0.3) is 0 Å². The minimum absolute atomic E-state index is 0.0933. The summed E-state index contributed by atoms with van der Waals surface area (Å²) in [5.74, 6) is 0.324. The molecule has 4 heteroatoms. The molecule has 0 aliphatic carbocycles. The van der Waals surface area contributed by atoms with E-state index >= 15 is 0 Å². The Hall–Kier alpha value is -2.62. The van der Waals surface area contributed by atoms with Gasteiger partial charge in [-0.05, 0) is 68.7 Å². The Kier molecular flexibility index (Phi) is 7.53. The van der Waals surface area contributed by atoms with E-state index in [4.69, 9.17) is 0 Å². The van der Waals surface area contributed by atoms with Crippen LogP contribution in [-0.4, -0.2) is 35.8 Å². The van der Waals surface area contributed by atoms with Crippen molar-refractivity contribution in [3.63, 3.8) is 0 Å². The first-order chi connectivity index (χ1) is 14.9. The maximum absolute atomic E-state index is 13.4. The topological polar surface area (TPSA) is 49.4 Å². The van der Waals surface area contributed by atoms with Gasteiger partial charge in [-0.1, -0.05) is 55.5 Å². The van der Waals surface area contributed by atoms with E-state index in [1.54, 1.807) is 0 Å². The molecule has 0 spiro atoms. The molecule has 1 fully saturated rings. The molecular weight excluding hydrogens is 384 g/mol. The molecule has 0 bridgehead atoms. The SMILES string of the molecule is CCCC(=O)N1CCC(Cc2ccccc2-c2ccccc2C)(C(=O)NC(C)C)CC1. The summed E-state index contributed by atoms with van der Waals surface area (Å²) < 4.78 is 0. The van der Waals surface area contributed by atoms with E-state index in [1.165, 1.54) is 22.3 Å². The Bertz CT molecular complexity index is 911. The maximum atomic E-state index is 13.4. The zero-order valence-corrected chi connectivity index (χ0v) is 19.4. The number of amides is 2. The highest BCUT2D eigenvalue weighted by Gasteiger charge is 2.42. The lowest BCUT2D eigenvalue weighted by molar-refractivity contribution is -0.141. The summed E-state index contributed by atoms with van der Waals surface area (Å²) in [6, 6.07) is 16.9. The van der Waals surface area contributed by atoms with E-state index in [2.05, 4.69) is 60.8 Å². The van der Waals surface area contributed by atoms with Gasteiger partial charge < -0.3 is 10.2 Å². The van der Waals surface area contributed by atoms with Gasteiger partial charge in [0.1, 0.15) is 0 Å². The van der Waals surface area contributed by atoms with Crippen molar-refractivity contribution in [1.29, 1.82) is 0 Å². The molecule has 2 amide bonds. The van der Waals surface area contributed by atoms with Crippen LogP contribution in [0.5, 0.6) is 0 Å². The minimum atomic E-state index is -0.494. The average Bonchev–Trinajstić information content (AvgIpc) is 2.75. The summed E-state index contributed by atoms with van der Waals surface area (Å²) in [5.41, 5.74) is 4.35. The molecule has 4 nitrogen and oxygen atoms in total. The van der Waals surface area contributed by atoms with E-state index in [9.17, 15) is 9.59 Å². The molecule has 1 N–H and O–H groups in total. The van der Waals surface area contributed by atoms with Crippen LogP contribution in [0.2, 0.25) is 0 Å². The van der Waals surface area contributed by atoms with Crippen molar-refractivity contribution in [2.45, 2.75) is 65.8 Å². The first kappa shape index (κ1) is 23.1. The standard InChI is InChI=1S/C27H36N2O2/c1-5-10-25(30)29-17-15-27(16-18-29,26(31)28-20(2)3)19-22-12-7-9-14-24(22)23-13-8-6-11-21(23)4/h6-9,11-14,20H,5,10,15-19H2,1-4H3,(H,28,31). The van der Waals surface area contributed by atoms with E-state index in [1.807, 2.05) is 25.7 Å². The zero-order chi connectivity index (χ0) is 22.4. The van der Waals surface area contributed by atoms with Crippen LogP contribution in [0, 0.1) is 12.3 Å². The van der Waals surface area contributed by atoms with E-state index in [0.29, 0.717) is 38.8 Å². The van der Waals surface area contributed by atoms with Crippen molar-refractivity contribution >= 4 is 11.8 Å².